The highest BCUT2D eigenvalue weighted by atomic mass is 19.3. The van der Waals surface area contributed by atoms with Gasteiger partial charge in [0.15, 0.2) is 0 Å². The Kier molecular flexibility index (Phi) is 5.22. The number of halogens is 2. The first-order valence-corrected chi connectivity index (χ1v) is 9.83. The Balaban J connectivity index is 1.73. The number of nitrogens with one attached hydrogen (secondary N) is 2. The van der Waals surface area contributed by atoms with E-state index in [1.165, 1.54) is 0 Å². The highest BCUT2D eigenvalue weighted by Crippen LogP contribution is 2.49. The molecule has 0 aromatic carbocycles. The van der Waals surface area contributed by atoms with E-state index in [0.29, 0.717) is 25.7 Å². The molecule has 3 rings (SSSR count). The van der Waals surface area contributed by atoms with E-state index in [9.17, 15) is 28.0 Å². The number of amides is 3. The molecule has 4 N–H and O–H groups in total. The van der Waals surface area contributed by atoms with E-state index in [-0.39, 0.29) is 5.41 Å². The van der Waals surface area contributed by atoms with Gasteiger partial charge < -0.3 is 16.4 Å². The van der Waals surface area contributed by atoms with Crippen molar-refractivity contribution in [3.63, 3.8) is 0 Å². The van der Waals surface area contributed by atoms with E-state index < -0.39 is 53.3 Å². The summed E-state index contributed by atoms with van der Waals surface area (Å²) in [4.78, 5) is 48.6. The number of alkyl halides is 2. The SMILES string of the molecule is CC1(C[C@H](NC(=O)C2CC2(F)F)C(=O)NC2(C(=O)C(N)=O)CCC2)CCCC1. The second-order valence-corrected chi connectivity index (χ2v) is 8.92. The van der Waals surface area contributed by atoms with Crippen molar-refractivity contribution >= 4 is 23.5 Å². The minimum atomic E-state index is -3.03. The molecule has 9 heteroatoms. The molecule has 0 bridgehead atoms. The summed E-state index contributed by atoms with van der Waals surface area (Å²) in [5, 5.41) is 5.06. The Labute approximate surface area is 162 Å². The molecule has 1 unspecified atom stereocenters. The minimum Gasteiger partial charge on any atom is -0.363 e. The van der Waals surface area contributed by atoms with Gasteiger partial charge in [-0.2, -0.15) is 0 Å². The zero-order valence-corrected chi connectivity index (χ0v) is 16.0. The summed E-state index contributed by atoms with van der Waals surface area (Å²) in [6.45, 7) is 2.01. The Bertz CT molecular complexity index is 699. The van der Waals surface area contributed by atoms with Crippen molar-refractivity contribution in [1.29, 1.82) is 0 Å². The highest BCUT2D eigenvalue weighted by molar-refractivity contribution is 6.39. The van der Waals surface area contributed by atoms with Crippen LogP contribution in [0, 0.1) is 11.3 Å². The van der Waals surface area contributed by atoms with Gasteiger partial charge in [-0.25, -0.2) is 8.78 Å². The molecule has 3 aliphatic rings. The summed E-state index contributed by atoms with van der Waals surface area (Å²) in [5.41, 5.74) is 3.57. The Hall–Kier alpha value is -2.06. The van der Waals surface area contributed by atoms with Gasteiger partial charge in [0, 0.05) is 6.42 Å². The van der Waals surface area contributed by atoms with Gasteiger partial charge in [-0.15, -0.1) is 0 Å². The molecule has 0 spiro atoms. The van der Waals surface area contributed by atoms with Crippen molar-refractivity contribution in [3.05, 3.63) is 0 Å². The zero-order chi connectivity index (χ0) is 20.7. The summed E-state index contributed by atoms with van der Waals surface area (Å²) in [6.07, 6.45) is 4.77. The number of hydrogen-bond donors (Lipinski definition) is 3. The smallest absolute Gasteiger partial charge is 0.287 e. The largest absolute Gasteiger partial charge is 0.363 e. The van der Waals surface area contributed by atoms with Gasteiger partial charge in [0.25, 0.3) is 11.8 Å². The van der Waals surface area contributed by atoms with Gasteiger partial charge in [0.05, 0.1) is 0 Å². The molecule has 3 fully saturated rings. The van der Waals surface area contributed by atoms with E-state index >= 15 is 0 Å². The zero-order valence-electron chi connectivity index (χ0n) is 16.0. The van der Waals surface area contributed by atoms with Crippen molar-refractivity contribution in [1.82, 2.24) is 10.6 Å². The summed E-state index contributed by atoms with van der Waals surface area (Å²) in [7, 11) is 0. The third-order valence-electron chi connectivity index (χ3n) is 6.51. The second-order valence-electron chi connectivity index (χ2n) is 8.92. The molecular formula is C19H27F2N3O4. The summed E-state index contributed by atoms with van der Waals surface area (Å²) in [6, 6.07) is -1.04. The van der Waals surface area contributed by atoms with Gasteiger partial charge in [-0.1, -0.05) is 19.8 Å². The fraction of sp³-hybridized carbons (Fsp3) is 0.789. The fourth-order valence-corrected chi connectivity index (χ4v) is 4.40. The van der Waals surface area contributed by atoms with Crippen molar-refractivity contribution in [2.24, 2.45) is 17.1 Å². The number of hydrogen-bond acceptors (Lipinski definition) is 4. The first-order valence-electron chi connectivity index (χ1n) is 9.83. The first-order chi connectivity index (χ1) is 13.0. The van der Waals surface area contributed by atoms with Gasteiger partial charge in [-0.3, -0.25) is 19.2 Å². The quantitative estimate of drug-likeness (QED) is 0.531. The van der Waals surface area contributed by atoms with E-state index in [0.717, 1.165) is 25.7 Å². The second kappa shape index (κ2) is 7.08. The molecule has 0 heterocycles. The maximum absolute atomic E-state index is 13.3. The van der Waals surface area contributed by atoms with Crippen LogP contribution >= 0.6 is 0 Å². The molecule has 0 aliphatic heterocycles. The average Bonchev–Trinajstić information content (AvgIpc) is 3.00. The van der Waals surface area contributed by atoms with Crippen LogP contribution in [0.2, 0.25) is 0 Å². The maximum Gasteiger partial charge on any atom is 0.287 e. The predicted molar refractivity (Wildman–Crippen MR) is 95.1 cm³/mol. The van der Waals surface area contributed by atoms with Crippen LogP contribution < -0.4 is 16.4 Å². The van der Waals surface area contributed by atoms with Crippen molar-refractivity contribution < 1.29 is 28.0 Å². The van der Waals surface area contributed by atoms with Gasteiger partial charge in [0.1, 0.15) is 17.5 Å². The van der Waals surface area contributed by atoms with Crippen LogP contribution in [0.15, 0.2) is 0 Å². The number of carbonyl (C=O) groups is 4. The van der Waals surface area contributed by atoms with E-state index in [1.54, 1.807) is 0 Å². The normalized spacial score (nSPS) is 27.2. The number of ketones is 1. The van der Waals surface area contributed by atoms with Gasteiger partial charge in [-0.05, 0) is 43.9 Å². The lowest BCUT2D eigenvalue weighted by Gasteiger charge is -2.41. The number of nitrogens with two attached hydrogens (primary N) is 1. The number of primary amides is 1. The van der Waals surface area contributed by atoms with Crippen molar-refractivity contribution in [2.45, 2.75) is 82.2 Å². The predicted octanol–water partition coefficient (Wildman–Crippen LogP) is 1.19. The molecule has 0 saturated heterocycles. The summed E-state index contributed by atoms with van der Waals surface area (Å²) < 4.78 is 26.5. The van der Waals surface area contributed by atoms with E-state index in [2.05, 4.69) is 10.6 Å². The standard InChI is InChI=1S/C19H27F2N3O4/c1-17(5-2-3-6-17)10-12(23-15(27)11-9-19(11,20)21)16(28)24-18(7-4-8-18)13(25)14(22)26/h11-12H,2-10H2,1H3,(H2,22,26)(H,23,27)(H,24,28)/t11?,12-/m0/s1. The van der Waals surface area contributed by atoms with Crippen LogP contribution in [-0.4, -0.2) is 41.0 Å². The summed E-state index contributed by atoms with van der Waals surface area (Å²) >= 11 is 0. The summed E-state index contributed by atoms with van der Waals surface area (Å²) in [5.74, 6) is -7.90. The van der Waals surface area contributed by atoms with E-state index in [1.807, 2.05) is 6.92 Å². The number of rotatable bonds is 8. The monoisotopic (exact) mass is 399 g/mol. The minimum absolute atomic E-state index is 0.193. The molecule has 3 saturated carbocycles. The van der Waals surface area contributed by atoms with E-state index in [4.69, 9.17) is 5.73 Å². The molecule has 28 heavy (non-hydrogen) atoms. The highest BCUT2D eigenvalue weighted by Gasteiger charge is 2.61. The lowest BCUT2D eigenvalue weighted by Crippen LogP contribution is -2.65. The van der Waals surface area contributed by atoms with Crippen molar-refractivity contribution in [2.75, 3.05) is 0 Å². The third-order valence-corrected chi connectivity index (χ3v) is 6.51. The van der Waals surface area contributed by atoms with Gasteiger partial charge in [0.2, 0.25) is 17.6 Å². The lowest BCUT2D eigenvalue weighted by molar-refractivity contribution is -0.145. The fourth-order valence-electron chi connectivity index (χ4n) is 4.40. The van der Waals surface area contributed by atoms with Crippen LogP contribution in [-0.2, 0) is 19.2 Å². The van der Waals surface area contributed by atoms with Gasteiger partial charge >= 0.3 is 0 Å². The molecule has 3 amide bonds. The molecule has 156 valence electrons. The Morgan fingerprint density at radius 3 is 2.07 bits per heavy atom. The van der Waals surface area contributed by atoms with Crippen LogP contribution in [0.5, 0.6) is 0 Å². The molecule has 0 aromatic rings. The van der Waals surface area contributed by atoms with Crippen LogP contribution in [0.3, 0.4) is 0 Å². The molecule has 3 aliphatic carbocycles. The number of carbonyl (C=O) groups excluding carboxylic acids is 4. The van der Waals surface area contributed by atoms with Crippen molar-refractivity contribution in [3.8, 4) is 0 Å². The average molecular weight is 399 g/mol. The van der Waals surface area contributed by atoms with Crippen LogP contribution in [0.1, 0.15) is 64.7 Å². The molecule has 7 nitrogen and oxygen atoms in total. The maximum atomic E-state index is 13.3. The number of Topliss-reactive ketones (excluding diaryl/α,β-unsaturated/α-hetero) is 1. The molecule has 2 atom stereocenters. The third kappa shape index (κ3) is 4.03. The molecule has 0 radical (unpaired) electrons. The van der Waals surface area contributed by atoms with Crippen LogP contribution in [0.4, 0.5) is 8.78 Å². The Morgan fingerprint density at radius 2 is 1.64 bits per heavy atom. The van der Waals surface area contributed by atoms with Crippen LogP contribution in [0.25, 0.3) is 0 Å². The first kappa shape index (κ1) is 20.7. The molecular weight excluding hydrogens is 372 g/mol. The molecule has 0 aromatic heterocycles. The topological polar surface area (TPSA) is 118 Å². The lowest BCUT2D eigenvalue weighted by atomic mass is 9.72. The Morgan fingerprint density at radius 1 is 1.07 bits per heavy atom.